The van der Waals surface area contributed by atoms with Crippen molar-refractivity contribution >= 4 is 11.4 Å². The minimum atomic E-state index is -0.0197. The Morgan fingerprint density at radius 1 is 1.30 bits per heavy atom. The Labute approximate surface area is 57.0 Å². The van der Waals surface area contributed by atoms with E-state index in [0.717, 1.165) is 0 Å². The Morgan fingerprint density at radius 3 is 2.70 bits per heavy atom. The van der Waals surface area contributed by atoms with Crippen LogP contribution in [-0.2, 0) is 0 Å². The summed E-state index contributed by atoms with van der Waals surface area (Å²) in [4.78, 5) is 0. The number of anilines is 2. The Balaban J connectivity index is 2.73. The topological polar surface area (TPSA) is 84.8 Å². The predicted octanol–water partition coefficient (Wildman–Crippen LogP) is 0.662. The number of benzene rings is 1. The van der Waals surface area contributed by atoms with E-state index in [9.17, 15) is 0 Å². The van der Waals surface area contributed by atoms with Crippen molar-refractivity contribution in [3.8, 4) is 17.2 Å². The van der Waals surface area contributed by atoms with Gasteiger partial charge in [-0.3, -0.25) is 0 Å². The molecule has 4 heteroatoms. The van der Waals surface area contributed by atoms with Crippen LogP contribution < -0.4 is 16.2 Å². The maximum absolute atomic E-state index is 9.03. The summed E-state index contributed by atoms with van der Waals surface area (Å²) in [5, 5.41) is 9.03. The van der Waals surface area contributed by atoms with E-state index in [-0.39, 0.29) is 11.4 Å². The number of nitrogen functional groups attached to an aromatic ring is 2. The van der Waals surface area contributed by atoms with Gasteiger partial charge >= 0.3 is 0 Å². The summed E-state index contributed by atoms with van der Waals surface area (Å²) in [5.41, 5.74) is 11.3. The number of rotatable bonds is 0. The van der Waals surface area contributed by atoms with Crippen LogP contribution in [0.15, 0.2) is 6.07 Å². The van der Waals surface area contributed by atoms with Gasteiger partial charge in [0, 0.05) is 6.07 Å². The lowest BCUT2D eigenvalue weighted by atomic mass is 10.2. The molecule has 0 spiro atoms. The number of hydrogen-bond donors (Lipinski definition) is 3. The Hall–Kier alpha value is -1.58. The molecule has 0 saturated heterocycles. The molecule has 1 aromatic rings. The van der Waals surface area contributed by atoms with Crippen molar-refractivity contribution in [3.05, 3.63) is 6.07 Å². The number of fused-ring (bicyclic) bond motifs is 1. The van der Waals surface area contributed by atoms with E-state index in [1.807, 2.05) is 0 Å². The number of phenolic OH excluding ortho intramolecular Hbond substituents is 1. The Morgan fingerprint density at radius 2 is 2.00 bits per heavy atom. The van der Waals surface area contributed by atoms with Gasteiger partial charge in [-0.05, 0) is 0 Å². The third-order valence-electron chi connectivity index (χ3n) is 1.47. The highest BCUT2D eigenvalue weighted by Gasteiger charge is 2.27. The van der Waals surface area contributed by atoms with Crippen molar-refractivity contribution in [1.82, 2.24) is 0 Å². The number of nitrogens with two attached hydrogens (primary N) is 2. The molecule has 2 rings (SSSR count). The molecule has 0 bridgehead atoms. The molecule has 0 unspecified atom stereocenters. The molecule has 1 aliphatic heterocycles. The van der Waals surface area contributed by atoms with E-state index >= 15 is 0 Å². The van der Waals surface area contributed by atoms with E-state index in [1.165, 1.54) is 6.07 Å². The standard InChI is InChI=1S/C6H6N2O2/c7-4-2(9)1-3-6(10-3)5(4)8/h1,9H,7-8H2. The molecule has 0 radical (unpaired) electrons. The molecule has 0 amide bonds. The minimum Gasteiger partial charge on any atom is -0.506 e. The van der Waals surface area contributed by atoms with Gasteiger partial charge in [0.25, 0.3) is 0 Å². The van der Waals surface area contributed by atoms with Crippen LogP contribution in [0.25, 0.3) is 0 Å². The van der Waals surface area contributed by atoms with Crippen molar-refractivity contribution < 1.29 is 9.84 Å². The fourth-order valence-electron chi connectivity index (χ4n) is 0.829. The SMILES string of the molecule is Nc1c(O)cc2c(c1N)O2. The molecular weight excluding hydrogens is 132 g/mol. The first-order chi connectivity index (χ1) is 4.70. The second-order valence-electron chi connectivity index (χ2n) is 2.15. The number of aromatic hydroxyl groups is 1. The average Bonchev–Trinajstić information content (AvgIpc) is 2.62. The molecule has 4 nitrogen and oxygen atoms in total. The van der Waals surface area contributed by atoms with Gasteiger partial charge in [0.15, 0.2) is 11.5 Å². The van der Waals surface area contributed by atoms with Gasteiger partial charge in [-0.25, -0.2) is 0 Å². The molecule has 1 aliphatic rings. The molecule has 0 aliphatic carbocycles. The normalized spacial score (nSPS) is 12.0. The number of phenols is 1. The number of ether oxygens (including phenoxy) is 1. The van der Waals surface area contributed by atoms with Crippen LogP contribution in [0.5, 0.6) is 17.2 Å². The lowest BCUT2D eigenvalue weighted by Crippen LogP contribution is -1.91. The summed E-state index contributed by atoms with van der Waals surface area (Å²) in [5.74, 6) is 1.19. The van der Waals surface area contributed by atoms with Gasteiger partial charge in [0.1, 0.15) is 17.1 Å². The second-order valence-corrected chi connectivity index (χ2v) is 2.15. The van der Waals surface area contributed by atoms with Crippen molar-refractivity contribution in [2.75, 3.05) is 11.5 Å². The maximum atomic E-state index is 9.03. The summed E-state index contributed by atoms with van der Waals surface area (Å²) in [6.45, 7) is 0. The van der Waals surface area contributed by atoms with Crippen molar-refractivity contribution in [2.24, 2.45) is 0 Å². The fourth-order valence-corrected chi connectivity index (χ4v) is 0.829. The van der Waals surface area contributed by atoms with Crippen LogP contribution in [0.4, 0.5) is 11.4 Å². The molecule has 10 heavy (non-hydrogen) atoms. The monoisotopic (exact) mass is 138 g/mol. The molecular formula is C6H6N2O2. The molecule has 0 saturated carbocycles. The van der Waals surface area contributed by atoms with E-state index in [0.29, 0.717) is 17.2 Å². The molecule has 1 heterocycles. The molecule has 0 fully saturated rings. The summed E-state index contributed by atoms with van der Waals surface area (Å²) in [6.07, 6.45) is 0. The lowest BCUT2D eigenvalue weighted by Gasteiger charge is -1.95. The smallest absolute Gasteiger partial charge is 0.195 e. The zero-order chi connectivity index (χ0) is 7.30. The van der Waals surface area contributed by atoms with Crippen molar-refractivity contribution in [3.63, 3.8) is 0 Å². The summed E-state index contributed by atoms with van der Waals surface area (Å²) in [6, 6.07) is 1.45. The van der Waals surface area contributed by atoms with E-state index < -0.39 is 0 Å². The highest BCUT2D eigenvalue weighted by Crippen LogP contribution is 2.55. The van der Waals surface area contributed by atoms with Crippen LogP contribution in [-0.4, -0.2) is 5.11 Å². The molecule has 0 aromatic heterocycles. The van der Waals surface area contributed by atoms with Crippen molar-refractivity contribution in [2.45, 2.75) is 0 Å². The third-order valence-corrected chi connectivity index (χ3v) is 1.47. The minimum absolute atomic E-state index is 0.0197. The van der Waals surface area contributed by atoms with Crippen LogP contribution in [0.2, 0.25) is 0 Å². The summed E-state index contributed by atoms with van der Waals surface area (Å²) in [7, 11) is 0. The van der Waals surface area contributed by atoms with Gasteiger partial charge < -0.3 is 21.3 Å². The summed E-state index contributed by atoms with van der Waals surface area (Å²) < 4.78 is 4.86. The van der Waals surface area contributed by atoms with Gasteiger partial charge in [0.05, 0.1) is 0 Å². The fraction of sp³-hybridized carbons (Fsp3) is 0. The Kier molecular flexibility index (Phi) is 0.672. The molecule has 0 atom stereocenters. The van der Waals surface area contributed by atoms with Crippen molar-refractivity contribution in [1.29, 1.82) is 0 Å². The van der Waals surface area contributed by atoms with E-state index in [4.69, 9.17) is 21.3 Å². The van der Waals surface area contributed by atoms with Gasteiger partial charge in [0.2, 0.25) is 0 Å². The summed E-state index contributed by atoms with van der Waals surface area (Å²) >= 11 is 0. The predicted molar refractivity (Wildman–Crippen MR) is 37.0 cm³/mol. The average molecular weight is 138 g/mol. The van der Waals surface area contributed by atoms with Crippen LogP contribution in [0.1, 0.15) is 0 Å². The molecule has 1 aromatic carbocycles. The van der Waals surface area contributed by atoms with Crippen LogP contribution in [0, 0.1) is 0 Å². The van der Waals surface area contributed by atoms with E-state index in [2.05, 4.69) is 0 Å². The first-order valence-corrected chi connectivity index (χ1v) is 2.79. The lowest BCUT2D eigenvalue weighted by molar-refractivity contribution is 0.478. The molecule has 52 valence electrons. The third kappa shape index (κ3) is 0.452. The van der Waals surface area contributed by atoms with Crippen LogP contribution >= 0.6 is 0 Å². The first-order valence-electron chi connectivity index (χ1n) is 2.79. The Bertz CT molecular complexity index is 306. The van der Waals surface area contributed by atoms with Gasteiger partial charge in [-0.2, -0.15) is 0 Å². The highest BCUT2D eigenvalue weighted by atomic mass is 16.6. The second kappa shape index (κ2) is 1.29. The zero-order valence-electron chi connectivity index (χ0n) is 5.09. The quantitative estimate of drug-likeness (QED) is 0.283. The molecule has 5 N–H and O–H groups in total. The van der Waals surface area contributed by atoms with Gasteiger partial charge in [-0.15, -0.1) is 0 Å². The number of hydrogen-bond acceptors (Lipinski definition) is 4. The maximum Gasteiger partial charge on any atom is 0.195 e. The van der Waals surface area contributed by atoms with E-state index in [1.54, 1.807) is 0 Å². The van der Waals surface area contributed by atoms with Crippen LogP contribution in [0.3, 0.4) is 0 Å². The largest absolute Gasteiger partial charge is 0.506 e. The van der Waals surface area contributed by atoms with Gasteiger partial charge in [-0.1, -0.05) is 0 Å². The zero-order valence-corrected chi connectivity index (χ0v) is 5.09. The highest BCUT2D eigenvalue weighted by molar-refractivity contribution is 5.85. The first kappa shape index (κ1) is 5.22.